The summed E-state index contributed by atoms with van der Waals surface area (Å²) in [6, 6.07) is 11.3. The molecule has 41 heavy (non-hydrogen) atoms. The molecule has 0 aliphatic carbocycles. The maximum atomic E-state index is 13.6. The second-order valence-corrected chi connectivity index (χ2v) is 11.0. The highest BCUT2D eigenvalue weighted by molar-refractivity contribution is 7.17. The van der Waals surface area contributed by atoms with Crippen molar-refractivity contribution >= 4 is 39.9 Å². The number of hydrogen-bond acceptors (Lipinski definition) is 9. The minimum absolute atomic E-state index is 0.00720. The number of aryl methyl sites for hydroxylation is 1. The van der Waals surface area contributed by atoms with Crippen molar-refractivity contribution in [2.45, 2.75) is 59.1 Å². The first-order valence-corrected chi connectivity index (χ1v) is 14.5. The summed E-state index contributed by atoms with van der Waals surface area (Å²) < 4.78 is 16.7. The van der Waals surface area contributed by atoms with Crippen LogP contribution in [0.25, 0.3) is 5.76 Å². The van der Waals surface area contributed by atoms with E-state index in [1.807, 2.05) is 6.92 Å². The van der Waals surface area contributed by atoms with Crippen LogP contribution in [0.4, 0.5) is 5.13 Å². The fourth-order valence-electron chi connectivity index (χ4n) is 5.02. The zero-order chi connectivity index (χ0) is 29.3. The second-order valence-electron chi connectivity index (χ2n) is 10.0. The average Bonchev–Trinajstić information content (AvgIpc) is 3.60. The van der Waals surface area contributed by atoms with Gasteiger partial charge in [-0.3, -0.25) is 14.5 Å². The molecule has 10 heteroatoms. The van der Waals surface area contributed by atoms with Gasteiger partial charge >= 0.3 is 11.9 Å². The number of anilines is 1. The minimum atomic E-state index is -0.983. The number of benzene rings is 2. The monoisotopic (exact) mass is 576 g/mol. The molecule has 2 aromatic carbocycles. The number of hydrogen-bond donors (Lipinski definition) is 1. The molecule has 0 bridgehead atoms. The number of carbonyl (C=O) groups is 3. The van der Waals surface area contributed by atoms with Crippen LogP contribution in [0, 0.1) is 6.92 Å². The van der Waals surface area contributed by atoms with Crippen molar-refractivity contribution < 1.29 is 33.7 Å². The van der Waals surface area contributed by atoms with Crippen LogP contribution in [0.15, 0.2) is 48.0 Å². The average molecular weight is 577 g/mol. The molecule has 2 atom stereocenters. The third-order valence-corrected chi connectivity index (χ3v) is 8.17. The largest absolute Gasteiger partial charge is 0.507 e. The zero-order valence-electron chi connectivity index (χ0n) is 23.4. The molecule has 3 heterocycles. The highest BCUT2D eigenvalue weighted by Crippen LogP contribution is 2.44. The van der Waals surface area contributed by atoms with E-state index >= 15 is 0 Å². The Morgan fingerprint density at radius 3 is 2.63 bits per heavy atom. The third kappa shape index (κ3) is 5.44. The molecule has 1 saturated heterocycles. The fourth-order valence-corrected chi connectivity index (χ4v) is 6.01. The van der Waals surface area contributed by atoms with Gasteiger partial charge in [-0.25, -0.2) is 9.78 Å². The Morgan fingerprint density at radius 1 is 1.17 bits per heavy atom. The molecular formula is C31H32N2O7S. The molecule has 1 amide bonds. The quantitative estimate of drug-likeness (QED) is 0.112. The Balaban J connectivity index is 1.61. The van der Waals surface area contributed by atoms with Crippen molar-refractivity contribution in [2.75, 3.05) is 18.1 Å². The molecule has 0 saturated carbocycles. The lowest BCUT2D eigenvalue weighted by Crippen LogP contribution is -2.29. The van der Waals surface area contributed by atoms with E-state index in [0.29, 0.717) is 35.6 Å². The molecule has 2 aliphatic heterocycles. The van der Waals surface area contributed by atoms with Crippen LogP contribution < -0.4 is 14.4 Å². The van der Waals surface area contributed by atoms with E-state index < -0.39 is 23.7 Å². The molecule has 2 aliphatic rings. The zero-order valence-corrected chi connectivity index (χ0v) is 24.2. The van der Waals surface area contributed by atoms with Gasteiger partial charge in [0.05, 0.1) is 30.5 Å². The number of ether oxygens (including phenoxy) is 3. The summed E-state index contributed by atoms with van der Waals surface area (Å²) in [4.78, 5) is 45.6. The maximum absolute atomic E-state index is 13.6. The van der Waals surface area contributed by atoms with Gasteiger partial charge < -0.3 is 19.3 Å². The maximum Gasteiger partial charge on any atom is 0.350 e. The van der Waals surface area contributed by atoms with Gasteiger partial charge in [-0.15, -0.1) is 0 Å². The van der Waals surface area contributed by atoms with Crippen LogP contribution in [0.1, 0.15) is 71.7 Å². The first-order chi connectivity index (χ1) is 19.7. The van der Waals surface area contributed by atoms with Crippen LogP contribution in [0.3, 0.4) is 0 Å². The topological polar surface area (TPSA) is 115 Å². The molecule has 5 rings (SSSR count). The van der Waals surface area contributed by atoms with Gasteiger partial charge in [0.25, 0.3) is 5.78 Å². The first kappa shape index (κ1) is 28.4. The number of Topliss-reactive ketones (excluding diaryl/α,β-unsaturated/α-hetero) is 1. The molecule has 1 fully saturated rings. The van der Waals surface area contributed by atoms with Gasteiger partial charge in [-0.1, -0.05) is 36.8 Å². The van der Waals surface area contributed by atoms with Crippen molar-refractivity contribution in [2.24, 2.45) is 0 Å². The molecule has 1 N–H and O–H groups in total. The van der Waals surface area contributed by atoms with Gasteiger partial charge in [-0.2, -0.15) is 0 Å². The number of thiazole rings is 1. The third-order valence-electron chi connectivity index (χ3n) is 7.03. The number of amides is 1. The number of ketones is 1. The first-order valence-electron chi connectivity index (χ1n) is 13.7. The van der Waals surface area contributed by atoms with Crippen LogP contribution in [0.2, 0.25) is 0 Å². The van der Waals surface area contributed by atoms with E-state index in [2.05, 4.69) is 11.9 Å². The highest BCUT2D eigenvalue weighted by Gasteiger charge is 2.48. The van der Waals surface area contributed by atoms with Crippen molar-refractivity contribution in [3.8, 4) is 11.5 Å². The normalized spacial score (nSPS) is 19.3. The SMILES string of the molecule is CCCCOc1ccc(C2C(=C(O)c3ccc4c(c3)CC(C)O4)C(=O)C(=O)N2c2nc(C)c(C(=O)OCC)s2)cc1. The van der Waals surface area contributed by atoms with Crippen molar-refractivity contribution in [1.29, 1.82) is 0 Å². The number of esters is 1. The summed E-state index contributed by atoms with van der Waals surface area (Å²) in [7, 11) is 0. The summed E-state index contributed by atoms with van der Waals surface area (Å²) in [5, 5.41) is 11.7. The molecule has 214 valence electrons. The molecule has 1 aromatic heterocycles. The van der Waals surface area contributed by atoms with Gasteiger partial charge in [0, 0.05) is 12.0 Å². The summed E-state index contributed by atoms with van der Waals surface area (Å²) in [5.41, 5.74) is 2.22. The summed E-state index contributed by atoms with van der Waals surface area (Å²) in [6.45, 7) is 8.15. The number of carbonyl (C=O) groups excluding carboxylic acids is 3. The van der Waals surface area contributed by atoms with Gasteiger partial charge in [-0.05, 0) is 68.7 Å². The van der Waals surface area contributed by atoms with Gasteiger partial charge in [0.1, 0.15) is 28.2 Å². The summed E-state index contributed by atoms with van der Waals surface area (Å²) in [5.74, 6) is -1.14. The lowest BCUT2D eigenvalue weighted by atomic mass is 9.94. The summed E-state index contributed by atoms with van der Waals surface area (Å²) in [6.07, 6.45) is 2.59. The predicted molar refractivity (Wildman–Crippen MR) is 155 cm³/mol. The number of rotatable bonds is 9. The van der Waals surface area contributed by atoms with E-state index in [1.165, 1.54) is 4.90 Å². The standard InChI is InChI=1S/C31H32N2O7S/c1-5-7-14-39-22-11-8-19(9-12-22)25-24(26(34)20-10-13-23-21(16-20)15-17(3)40-23)27(35)29(36)33(25)31-32-18(4)28(41-31)30(37)38-6-2/h8-13,16-17,25,34H,5-7,14-15H2,1-4H3. The van der Waals surface area contributed by atoms with E-state index in [0.717, 1.165) is 35.5 Å². The van der Waals surface area contributed by atoms with Gasteiger partial charge in [0.15, 0.2) is 5.13 Å². The molecule has 0 radical (unpaired) electrons. The van der Waals surface area contributed by atoms with E-state index in [1.54, 1.807) is 56.3 Å². The van der Waals surface area contributed by atoms with E-state index in [9.17, 15) is 19.5 Å². The van der Waals surface area contributed by atoms with Crippen molar-refractivity contribution in [3.05, 3.63) is 75.3 Å². The Morgan fingerprint density at radius 2 is 1.93 bits per heavy atom. The van der Waals surface area contributed by atoms with Crippen LogP contribution >= 0.6 is 11.3 Å². The predicted octanol–water partition coefficient (Wildman–Crippen LogP) is 5.76. The number of fused-ring (bicyclic) bond motifs is 1. The Bertz CT molecular complexity index is 1530. The van der Waals surface area contributed by atoms with Crippen LogP contribution in [-0.4, -0.2) is 47.1 Å². The lowest BCUT2D eigenvalue weighted by Gasteiger charge is -2.23. The highest BCUT2D eigenvalue weighted by atomic mass is 32.1. The molecule has 2 unspecified atom stereocenters. The minimum Gasteiger partial charge on any atom is -0.507 e. The van der Waals surface area contributed by atoms with Crippen molar-refractivity contribution in [1.82, 2.24) is 4.98 Å². The summed E-state index contributed by atoms with van der Waals surface area (Å²) >= 11 is 0.974. The van der Waals surface area contributed by atoms with E-state index in [-0.39, 0.29) is 34.1 Å². The van der Waals surface area contributed by atoms with Crippen LogP contribution in [0.5, 0.6) is 11.5 Å². The molecule has 9 nitrogen and oxygen atoms in total. The second kappa shape index (κ2) is 11.7. The Kier molecular flexibility index (Phi) is 8.12. The van der Waals surface area contributed by atoms with Gasteiger partial charge in [0.2, 0.25) is 0 Å². The number of aliphatic hydroxyl groups excluding tert-OH is 1. The Labute approximate surface area is 242 Å². The molecule has 3 aromatic rings. The number of nitrogens with zero attached hydrogens (tertiary/aromatic N) is 2. The smallest absolute Gasteiger partial charge is 0.350 e. The lowest BCUT2D eigenvalue weighted by molar-refractivity contribution is -0.132. The number of aliphatic hydroxyl groups is 1. The molecular weight excluding hydrogens is 544 g/mol. The van der Waals surface area contributed by atoms with E-state index in [4.69, 9.17) is 14.2 Å². The molecule has 0 spiro atoms. The number of aromatic nitrogens is 1. The van der Waals surface area contributed by atoms with Crippen LogP contribution in [-0.2, 0) is 20.7 Å². The Hall–Kier alpha value is -4.18. The fraction of sp³-hybridized carbons (Fsp3) is 0.355. The number of unbranched alkanes of at least 4 members (excludes halogenated alkanes) is 1. The van der Waals surface area contributed by atoms with Crippen molar-refractivity contribution in [3.63, 3.8) is 0 Å².